The van der Waals surface area contributed by atoms with Crippen molar-refractivity contribution < 1.29 is 0 Å². The van der Waals surface area contributed by atoms with Crippen molar-refractivity contribution in [3.8, 4) is 0 Å². The molecular weight excluding hydrogens is 232 g/mol. The molecule has 1 aromatic rings. The lowest BCUT2D eigenvalue weighted by atomic mass is 10.2. The molecule has 2 heteroatoms. The van der Waals surface area contributed by atoms with Crippen LogP contribution in [0.15, 0.2) is 29.2 Å². The first-order chi connectivity index (χ1) is 5.68. The summed E-state index contributed by atoms with van der Waals surface area (Å²) in [4.78, 5) is 1.94. The van der Waals surface area contributed by atoms with Gasteiger partial charge in [0, 0.05) is 15.5 Å². The summed E-state index contributed by atoms with van der Waals surface area (Å²) in [6.07, 6.45) is 0. The Morgan fingerprint density at radius 1 is 1.33 bits per heavy atom. The van der Waals surface area contributed by atoms with Crippen molar-refractivity contribution in [3.63, 3.8) is 0 Å². The number of halogens is 1. The smallest absolute Gasteiger partial charge is 0.0211 e. The standard InChI is InChI=1S/C10H13BrS/c1-8-3-5-10(6-4-8)12-7-9(2)11/h3-6,9H,7H2,1-2H3. The van der Waals surface area contributed by atoms with Gasteiger partial charge in [0.1, 0.15) is 0 Å². The molecule has 0 aliphatic heterocycles. The van der Waals surface area contributed by atoms with E-state index < -0.39 is 0 Å². The molecule has 0 nitrogen and oxygen atoms in total. The van der Waals surface area contributed by atoms with Crippen molar-refractivity contribution in [2.75, 3.05) is 5.75 Å². The molecule has 12 heavy (non-hydrogen) atoms. The van der Waals surface area contributed by atoms with E-state index in [-0.39, 0.29) is 0 Å². The van der Waals surface area contributed by atoms with E-state index >= 15 is 0 Å². The number of alkyl halides is 1. The average molecular weight is 245 g/mol. The Bertz CT molecular complexity index is 228. The summed E-state index contributed by atoms with van der Waals surface area (Å²) in [7, 11) is 0. The topological polar surface area (TPSA) is 0 Å². The minimum atomic E-state index is 0.587. The average Bonchev–Trinajstić information content (AvgIpc) is 2.03. The van der Waals surface area contributed by atoms with Gasteiger partial charge in [0.05, 0.1) is 0 Å². The molecule has 0 N–H and O–H groups in total. The Morgan fingerprint density at radius 3 is 2.42 bits per heavy atom. The second-order valence-electron chi connectivity index (χ2n) is 2.90. The van der Waals surface area contributed by atoms with Crippen molar-refractivity contribution in [1.82, 2.24) is 0 Å². The molecule has 1 rings (SSSR count). The molecule has 0 radical (unpaired) electrons. The highest BCUT2D eigenvalue weighted by Gasteiger charge is 1.97. The Hall–Kier alpha value is 0.0500. The van der Waals surface area contributed by atoms with Gasteiger partial charge < -0.3 is 0 Å². The van der Waals surface area contributed by atoms with Crippen molar-refractivity contribution >= 4 is 27.7 Å². The number of rotatable bonds is 3. The predicted molar refractivity (Wildman–Crippen MR) is 60.3 cm³/mol. The summed E-state index contributed by atoms with van der Waals surface area (Å²) in [5.74, 6) is 1.13. The lowest BCUT2D eigenvalue weighted by Crippen LogP contribution is -1.92. The van der Waals surface area contributed by atoms with Crippen molar-refractivity contribution in [2.24, 2.45) is 0 Å². The maximum absolute atomic E-state index is 3.53. The molecule has 1 unspecified atom stereocenters. The van der Waals surface area contributed by atoms with Gasteiger partial charge in [-0.25, -0.2) is 0 Å². The van der Waals surface area contributed by atoms with Crippen LogP contribution in [0.3, 0.4) is 0 Å². The first-order valence-corrected chi connectivity index (χ1v) is 5.92. The zero-order chi connectivity index (χ0) is 8.97. The molecule has 0 fully saturated rings. The lowest BCUT2D eigenvalue weighted by molar-refractivity contribution is 1.15. The van der Waals surface area contributed by atoms with E-state index in [4.69, 9.17) is 0 Å². The van der Waals surface area contributed by atoms with E-state index in [2.05, 4.69) is 54.0 Å². The monoisotopic (exact) mass is 244 g/mol. The van der Waals surface area contributed by atoms with Crippen LogP contribution in [0, 0.1) is 6.92 Å². The van der Waals surface area contributed by atoms with Gasteiger partial charge in [-0.1, -0.05) is 40.5 Å². The highest BCUT2D eigenvalue weighted by atomic mass is 79.9. The highest BCUT2D eigenvalue weighted by molar-refractivity contribution is 9.09. The molecule has 0 bridgehead atoms. The van der Waals surface area contributed by atoms with Gasteiger partial charge in [-0.2, -0.15) is 0 Å². The summed E-state index contributed by atoms with van der Waals surface area (Å²) in [6, 6.07) is 8.66. The fourth-order valence-corrected chi connectivity index (χ4v) is 1.99. The zero-order valence-corrected chi connectivity index (χ0v) is 9.78. The second kappa shape index (κ2) is 4.93. The van der Waals surface area contributed by atoms with Gasteiger partial charge in [-0.05, 0) is 19.1 Å². The van der Waals surface area contributed by atoms with E-state index in [1.807, 2.05) is 11.8 Å². The fraction of sp³-hybridized carbons (Fsp3) is 0.400. The third kappa shape index (κ3) is 3.63. The molecule has 0 heterocycles. The van der Waals surface area contributed by atoms with Crippen molar-refractivity contribution in [1.29, 1.82) is 0 Å². The summed E-state index contributed by atoms with van der Waals surface area (Å²) >= 11 is 5.42. The van der Waals surface area contributed by atoms with Crippen molar-refractivity contribution in [2.45, 2.75) is 23.6 Å². The Balaban J connectivity index is 2.48. The van der Waals surface area contributed by atoms with E-state index in [1.165, 1.54) is 10.5 Å². The van der Waals surface area contributed by atoms with Crippen LogP contribution >= 0.6 is 27.7 Å². The number of hydrogen-bond acceptors (Lipinski definition) is 1. The molecule has 66 valence electrons. The largest absolute Gasteiger partial charge is 0.125 e. The Labute approximate surface area is 86.9 Å². The third-order valence-corrected chi connectivity index (χ3v) is 3.53. The van der Waals surface area contributed by atoms with Crippen LogP contribution in [0.4, 0.5) is 0 Å². The normalized spacial score (nSPS) is 12.9. The van der Waals surface area contributed by atoms with Crippen LogP contribution in [0.2, 0.25) is 0 Å². The van der Waals surface area contributed by atoms with Crippen LogP contribution in [0.5, 0.6) is 0 Å². The zero-order valence-electron chi connectivity index (χ0n) is 7.38. The van der Waals surface area contributed by atoms with E-state index in [0.717, 1.165) is 5.75 Å². The first kappa shape index (κ1) is 10.1. The van der Waals surface area contributed by atoms with Crippen LogP contribution < -0.4 is 0 Å². The number of benzene rings is 1. The predicted octanol–water partition coefficient (Wildman–Crippen LogP) is 3.87. The van der Waals surface area contributed by atoms with E-state index in [9.17, 15) is 0 Å². The molecule has 0 saturated heterocycles. The highest BCUT2D eigenvalue weighted by Crippen LogP contribution is 2.20. The van der Waals surface area contributed by atoms with Gasteiger partial charge in [0.2, 0.25) is 0 Å². The number of hydrogen-bond donors (Lipinski definition) is 0. The van der Waals surface area contributed by atoms with Gasteiger partial charge in [-0.15, -0.1) is 11.8 Å². The van der Waals surface area contributed by atoms with E-state index in [0.29, 0.717) is 4.83 Å². The summed E-state index contributed by atoms with van der Waals surface area (Å²) in [5.41, 5.74) is 1.33. The van der Waals surface area contributed by atoms with Gasteiger partial charge in [0.15, 0.2) is 0 Å². The molecule has 1 aromatic carbocycles. The molecule has 0 aliphatic rings. The second-order valence-corrected chi connectivity index (χ2v) is 5.56. The third-order valence-electron chi connectivity index (χ3n) is 1.50. The van der Waals surface area contributed by atoms with Crippen LogP contribution in [-0.2, 0) is 0 Å². The maximum Gasteiger partial charge on any atom is 0.0211 e. The van der Waals surface area contributed by atoms with Crippen LogP contribution in [-0.4, -0.2) is 10.6 Å². The number of aryl methyl sites for hydroxylation is 1. The molecular formula is C10H13BrS. The Kier molecular flexibility index (Phi) is 4.16. The van der Waals surface area contributed by atoms with E-state index in [1.54, 1.807) is 0 Å². The van der Waals surface area contributed by atoms with Gasteiger partial charge >= 0.3 is 0 Å². The molecule has 1 atom stereocenters. The summed E-state index contributed by atoms with van der Waals surface area (Å²) in [5, 5.41) is 0. The Morgan fingerprint density at radius 2 is 1.92 bits per heavy atom. The molecule has 0 aromatic heterocycles. The number of thioether (sulfide) groups is 1. The fourth-order valence-electron chi connectivity index (χ4n) is 0.846. The van der Waals surface area contributed by atoms with Gasteiger partial charge in [0.25, 0.3) is 0 Å². The molecule has 0 spiro atoms. The first-order valence-electron chi connectivity index (χ1n) is 4.02. The minimum absolute atomic E-state index is 0.587. The van der Waals surface area contributed by atoms with Gasteiger partial charge in [-0.3, -0.25) is 0 Å². The maximum atomic E-state index is 3.53. The molecule has 0 amide bonds. The quantitative estimate of drug-likeness (QED) is 0.575. The minimum Gasteiger partial charge on any atom is -0.125 e. The van der Waals surface area contributed by atoms with Crippen LogP contribution in [0.25, 0.3) is 0 Å². The summed E-state index contributed by atoms with van der Waals surface area (Å²) in [6.45, 7) is 4.28. The molecule has 0 saturated carbocycles. The lowest BCUT2D eigenvalue weighted by Gasteiger charge is -2.02. The van der Waals surface area contributed by atoms with Crippen molar-refractivity contribution in [3.05, 3.63) is 29.8 Å². The molecule has 0 aliphatic carbocycles. The van der Waals surface area contributed by atoms with Crippen LogP contribution in [0.1, 0.15) is 12.5 Å². The SMILES string of the molecule is Cc1ccc(SCC(C)Br)cc1. The summed E-state index contributed by atoms with van der Waals surface area (Å²) < 4.78 is 0.